The molecule has 2 fully saturated rings. The van der Waals surface area contributed by atoms with Crippen LogP contribution < -0.4 is 15.9 Å². The minimum absolute atomic E-state index is 0. The number of hydrogen-bond acceptors (Lipinski definition) is 15. The van der Waals surface area contributed by atoms with Gasteiger partial charge >= 0.3 is 5.97 Å². The maximum atomic E-state index is 14.0. The summed E-state index contributed by atoms with van der Waals surface area (Å²) in [6, 6.07) is 3.64. The Morgan fingerprint density at radius 3 is 2.33 bits per heavy atom. The molecule has 8 N–H and O–H groups in total. The number of unbranched alkanes of at least 4 members (excludes halogenated alkanes) is 4. The number of nitrogens with two attached hydrogens (primary N) is 1. The Morgan fingerprint density at radius 2 is 1.67 bits per heavy atom. The topological polar surface area (TPSA) is 257 Å². The van der Waals surface area contributed by atoms with Gasteiger partial charge in [0.1, 0.15) is 29.0 Å². The van der Waals surface area contributed by atoms with E-state index in [-0.39, 0.29) is 71.0 Å². The van der Waals surface area contributed by atoms with Gasteiger partial charge in [0, 0.05) is 54.8 Å². The van der Waals surface area contributed by atoms with Crippen molar-refractivity contribution < 1.29 is 63.7 Å². The summed E-state index contributed by atoms with van der Waals surface area (Å²) in [4.78, 5) is 53.5. The molecular weight excluding hydrogens is 838 g/mol. The maximum Gasteiger partial charge on any atom is 0.306 e. The molecule has 4 aliphatic rings. The van der Waals surface area contributed by atoms with Gasteiger partial charge in [0.2, 0.25) is 11.7 Å². The highest BCUT2D eigenvalue weighted by Crippen LogP contribution is 2.52. The van der Waals surface area contributed by atoms with E-state index in [2.05, 4.69) is 31.3 Å². The molecule has 0 unspecified atom stereocenters. The molecule has 1 amide bonds. The number of hydrazone groups is 1. The lowest BCUT2D eigenvalue weighted by molar-refractivity contribution is -0.245. The first-order valence-electron chi connectivity index (χ1n) is 22.0. The molecule has 1 heterocycles. The Hall–Kier alpha value is -4.16. The van der Waals surface area contributed by atoms with Crippen molar-refractivity contribution in [2.45, 2.75) is 154 Å². The number of methoxy groups -OCH3 is 1. The molecule has 1 saturated heterocycles. The van der Waals surface area contributed by atoms with Crippen LogP contribution in [0.1, 0.15) is 154 Å². The molecule has 0 spiro atoms. The largest absolute Gasteiger partial charge is 0.507 e. The Morgan fingerprint density at radius 1 is 0.984 bits per heavy atom. The number of aliphatic hydroxyl groups excluding tert-OH is 2. The van der Waals surface area contributed by atoms with Crippen LogP contribution >= 0.6 is 12.4 Å². The molecule has 63 heavy (non-hydrogen) atoms. The van der Waals surface area contributed by atoms with Crippen molar-refractivity contribution in [2.75, 3.05) is 13.7 Å². The molecule has 1 saturated carbocycles. The number of aromatic hydroxyl groups is 2. The van der Waals surface area contributed by atoms with Gasteiger partial charge in [-0.1, -0.05) is 58.6 Å². The Balaban J connectivity index is 0.00000748. The molecule has 6 rings (SSSR count). The van der Waals surface area contributed by atoms with E-state index < -0.39 is 95.8 Å². The van der Waals surface area contributed by atoms with Crippen molar-refractivity contribution in [3.63, 3.8) is 0 Å². The first kappa shape index (κ1) is 49.8. The van der Waals surface area contributed by atoms with Gasteiger partial charge in [-0.3, -0.25) is 19.2 Å². The second kappa shape index (κ2) is 21.2. The molecule has 1 aliphatic heterocycles. The van der Waals surface area contributed by atoms with Crippen molar-refractivity contribution in [1.29, 1.82) is 0 Å². The van der Waals surface area contributed by atoms with E-state index in [4.69, 9.17) is 24.7 Å². The van der Waals surface area contributed by atoms with Gasteiger partial charge in [-0.15, -0.1) is 12.4 Å². The first-order chi connectivity index (χ1) is 29.5. The molecule has 0 bridgehead atoms. The molecule has 0 aromatic heterocycles. The summed E-state index contributed by atoms with van der Waals surface area (Å²) in [6.07, 6.45) is 2.00. The predicted molar refractivity (Wildman–Crippen MR) is 233 cm³/mol. The van der Waals surface area contributed by atoms with Gasteiger partial charge in [0.05, 0.1) is 54.4 Å². The number of carbonyl (C=O) groups is 4. The van der Waals surface area contributed by atoms with E-state index in [9.17, 15) is 44.7 Å². The van der Waals surface area contributed by atoms with Gasteiger partial charge in [0.25, 0.3) is 0 Å². The van der Waals surface area contributed by atoms with Crippen molar-refractivity contribution in [2.24, 2.45) is 28.6 Å². The van der Waals surface area contributed by atoms with E-state index in [1.165, 1.54) is 25.3 Å². The van der Waals surface area contributed by atoms with Gasteiger partial charge in [0.15, 0.2) is 12.1 Å². The minimum atomic E-state index is -2.13. The number of aliphatic hydroxyl groups is 3. The Kier molecular flexibility index (Phi) is 16.8. The summed E-state index contributed by atoms with van der Waals surface area (Å²) in [6.45, 7) is 7.33. The van der Waals surface area contributed by atoms with E-state index >= 15 is 0 Å². The number of nitrogens with zero attached hydrogens (tertiary/aromatic N) is 1. The number of rotatable bonds is 16. The van der Waals surface area contributed by atoms with Crippen LogP contribution in [0.25, 0.3) is 0 Å². The number of ketones is 2. The smallest absolute Gasteiger partial charge is 0.306 e. The molecule has 16 nitrogen and oxygen atoms in total. The average Bonchev–Trinajstić information content (AvgIpc) is 3.22. The third-order valence-electron chi connectivity index (χ3n) is 13.2. The number of phenolic OH excluding ortho intramolecular Hbond substituents is 2. The number of esters is 1. The first-order valence-corrected chi connectivity index (χ1v) is 22.0. The highest BCUT2D eigenvalue weighted by Gasteiger charge is 2.50. The van der Waals surface area contributed by atoms with Crippen LogP contribution in [0.3, 0.4) is 0 Å². The molecule has 0 radical (unpaired) electrons. The fourth-order valence-corrected chi connectivity index (χ4v) is 9.65. The van der Waals surface area contributed by atoms with Crippen molar-refractivity contribution in [1.82, 2.24) is 5.43 Å². The maximum absolute atomic E-state index is 14.0. The number of hydrogen-bond donors (Lipinski definition) is 7. The van der Waals surface area contributed by atoms with E-state index in [0.29, 0.717) is 37.0 Å². The van der Waals surface area contributed by atoms with Crippen LogP contribution in [0.15, 0.2) is 23.3 Å². The standard InChI is InChI=1S/C46H63N3O13.ClH/c1-23(2)26-17-16-24(3)18-31(26)61-35(52)15-10-8-6-7-9-14-34(51)49-48-33(22-50)46(58)20-28-38(32(21-46)62-36-19-29(47)41(53)25(4)60-36)45(57)40-39(43(28)55)42(54)27-12-11-13-30(59-5)37(27)44(40)56;/h11-13,23-26,29,31-32,36,41,50,53,55,57-58H,6-10,14-22,47H2,1-5H3,(H,49,51);1H/b48-33+;/t24-,25+,26+,29+,31-,32+,36+,41-,46+;/m1./s1. The van der Waals surface area contributed by atoms with E-state index in [0.717, 1.165) is 38.5 Å². The van der Waals surface area contributed by atoms with Crippen LogP contribution in [0.2, 0.25) is 0 Å². The lowest BCUT2D eigenvalue weighted by Crippen LogP contribution is -2.53. The zero-order chi connectivity index (χ0) is 45.0. The summed E-state index contributed by atoms with van der Waals surface area (Å²) in [5.41, 5.74) is 4.80. The summed E-state index contributed by atoms with van der Waals surface area (Å²) in [7, 11) is 1.33. The number of nitrogens with one attached hydrogen (secondary N) is 1. The van der Waals surface area contributed by atoms with E-state index in [1.54, 1.807) is 6.92 Å². The highest BCUT2D eigenvalue weighted by atomic mass is 35.5. The van der Waals surface area contributed by atoms with Crippen LogP contribution in [0, 0.1) is 17.8 Å². The molecule has 2 aromatic carbocycles. The SMILES string of the molecule is COc1cccc2c1C(=O)c1c(O)c3c(c(O)c1C2=O)C[C@@](O)(/C(CO)=N/NC(=O)CCCCCCCC(=O)O[C@@H]1C[C@H](C)CC[C@H]1C(C)C)C[C@@H]3O[C@H]1C[C@H](N)[C@H](O)[C@H](C)O1.Cl. The normalized spacial score (nSPS) is 28.1. The second-order valence-electron chi connectivity index (χ2n) is 18.0. The number of carbonyl (C=O) groups excluding carboxylic acids is 4. The molecule has 2 aromatic rings. The zero-order valence-corrected chi connectivity index (χ0v) is 37.6. The summed E-state index contributed by atoms with van der Waals surface area (Å²) < 4.78 is 23.4. The molecule has 348 valence electrons. The fourth-order valence-electron chi connectivity index (χ4n) is 9.65. The highest BCUT2D eigenvalue weighted by molar-refractivity contribution is 6.31. The minimum Gasteiger partial charge on any atom is -0.507 e. The Labute approximate surface area is 374 Å². The number of halogens is 1. The summed E-state index contributed by atoms with van der Waals surface area (Å²) in [5, 5.41) is 61.0. The van der Waals surface area contributed by atoms with Gasteiger partial charge in [-0.25, -0.2) is 5.43 Å². The number of fused-ring (bicyclic) bond motifs is 3. The van der Waals surface area contributed by atoms with Crippen LogP contribution in [-0.2, 0) is 30.2 Å². The van der Waals surface area contributed by atoms with Gasteiger partial charge in [-0.05, 0) is 56.4 Å². The second-order valence-corrected chi connectivity index (χ2v) is 18.0. The third-order valence-corrected chi connectivity index (χ3v) is 13.2. The van der Waals surface area contributed by atoms with Gasteiger partial charge in [-0.2, -0.15) is 5.10 Å². The monoisotopic (exact) mass is 901 g/mol. The number of ether oxygens (including phenoxy) is 4. The van der Waals surface area contributed by atoms with Gasteiger partial charge < -0.3 is 50.2 Å². The molecule has 17 heteroatoms. The zero-order valence-electron chi connectivity index (χ0n) is 36.8. The quantitative estimate of drug-likeness (QED) is 0.0326. The molecular formula is C46H64ClN3O13. The lowest BCUT2D eigenvalue weighted by Gasteiger charge is -2.43. The number of benzene rings is 2. The van der Waals surface area contributed by atoms with Crippen LogP contribution in [0.4, 0.5) is 0 Å². The summed E-state index contributed by atoms with van der Waals surface area (Å²) >= 11 is 0. The van der Waals surface area contributed by atoms with Crippen molar-refractivity contribution in [3.8, 4) is 17.2 Å². The van der Waals surface area contributed by atoms with E-state index in [1.807, 2.05) is 0 Å². The third kappa shape index (κ3) is 10.7. The van der Waals surface area contributed by atoms with Crippen molar-refractivity contribution >= 4 is 41.6 Å². The molecule has 3 aliphatic carbocycles. The molecule has 9 atom stereocenters. The number of amides is 1. The summed E-state index contributed by atoms with van der Waals surface area (Å²) in [5.74, 6) is -2.03. The van der Waals surface area contributed by atoms with Crippen molar-refractivity contribution in [3.05, 3.63) is 51.6 Å². The predicted octanol–water partition coefficient (Wildman–Crippen LogP) is 5.06. The Bertz CT molecular complexity index is 2030. The lowest BCUT2D eigenvalue weighted by atomic mass is 9.71. The number of phenols is 2. The fraction of sp³-hybridized carbons (Fsp3) is 0.630. The van der Waals surface area contributed by atoms with Crippen LogP contribution in [0.5, 0.6) is 17.2 Å². The van der Waals surface area contributed by atoms with Crippen LogP contribution in [-0.4, -0.2) is 105 Å². The average molecular weight is 902 g/mol.